The van der Waals surface area contributed by atoms with Crippen molar-refractivity contribution in [1.29, 1.82) is 0 Å². The van der Waals surface area contributed by atoms with E-state index in [-0.39, 0.29) is 0 Å². The van der Waals surface area contributed by atoms with Gasteiger partial charge in [-0.3, -0.25) is 9.80 Å². The van der Waals surface area contributed by atoms with Crippen LogP contribution in [0.3, 0.4) is 0 Å². The average Bonchev–Trinajstić information content (AvgIpc) is 2.15. The maximum atomic E-state index is 13.7. The number of hydrogen-bond donors (Lipinski definition) is 0. The quantitative estimate of drug-likeness (QED) is 0.644. The second-order valence-electron chi connectivity index (χ2n) is 4.41. The molecule has 1 saturated heterocycles. The number of halogens is 1. The van der Waals surface area contributed by atoms with Gasteiger partial charge in [-0.05, 0) is 20.3 Å². The van der Waals surface area contributed by atoms with Crippen LogP contribution in [0.5, 0.6) is 0 Å². The predicted molar refractivity (Wildman–Crippen MR) is 58.1 cm³/mol. The van der Waals surface area contributed by atoms with Gasteiger partial charge in [-0.15, -0.1) is 0 Å². The van der Waals surface area contributed by atoms with Crippen molar-refractivity contribution in [1.82, 2.24) is 9.80 Å². The van der Waals surface area contributed by atoms with Gasteiger partial charge in [0, 0.05) is 32.2 Å². The maximum Gasteiger partial charge on any atom is 0.166 e. The molecule has 84 valence electrons. The fraction of sp³-hybridized carbons (Fsp3) is 1.00. The van der Waals surface area contributed by atoms with Gasteiger partial charge < -0.3 is 0 Å². The van der Waals surface area contributed by atoms with Crippen molar-refractivity contribution >= 4 is 0 Å². The normalized spacial score (nSPS) is 25.9. The summed E-state index contributed by atoms with van der Waals surface area (Å²) in [7, 11) is 0. The molecule has 1 rings (SSSR count). The Morgan fingerprint density at radius 3 is 2.57 bits per heavy atom. The topological polar surface area (TPSA) is 6.48 Å². The van der Waals surface area contributed by atoms with Gasteiger partial charge in [-0.1, -0.05) is 13.3 Å². The average molecular weight is 202 g/mol. The van der Waals surface area contributed by atoms with E-state index >= 15 is 0 Å². The maximum absolute atomic E-state index is 13.7. The Hall–Kier alpha value is -0.150. The summed E-state index contributed by atoms with van der Waals surface area (Å²) in [5, 5.41) is 0. The minimum atomic E-state index is -0.752. The smallest absolute Gasteiger partial charge is 0.166 e. The van der Waals surface area contributed by atoms with Crippen LogP contribution in [0.2, 0.25) is 0 Å². The van der Waals surface area contributed by atoms with Gasteiger partial charge in [0.1, 0.15) is 0 Å². The van der Waals surface area contributed by atoms with Crippen LogP contribution in [0, 0.1) is 0 Å². The molecule has 1 unspecified atom stereocenters. The molecule has 1 fully saturated rings. The fourth-order valence-corrected chi connectivity index (χ4v) is 1.88. The van der Waals surface area contributed by atoms with Gasteiger partial charge in [0.15, 0.2) is 6.30 Å². The van der Waals surface area contributed by atoms with Crippen molar-refractivity contribution in [2.75, 3.05) is 26.2 Å². The summed E-state index contributed by atoms with van der Waals surface area (Å²) in [5.74, 6) is 0. The van der Waals surface area contributed by atoms with Gasteiger partial charge in [0.05, 0.1) is 0 Å². The Balaban J connectivity index is 2.32. The molecule has 1 aliphatic rings. The first-order valence-electron chi connectivity index (χ1n) is 5.77. The van der Waals surface area contributed by atoms with Crippen molar-refractivity contribution < 1.29 is 4.39 Å². The number of nitrogens with zero attached hydrogens (tertiary/aromatic N) is 2. The number of piperazine rings is 1. The zero-order valence-electron chi connectivity index (χ0n) is 9.67. The summed E-state index contributed by atoms with van der Waals surface area (Å²) >= 11 is 0. The first-order chi connectivity index (χ1) is 6.65. The lowest BCUT2D eigenvalue weighted by Crippen LogP contribution is -2.53. The van der Waals surface area contributed by atoms with Crippen LogP contribution >= 0.6 is 0 Å². The van der Waals surface area contributed by atoms with Crippen LogP contribution in [0.1, 0.15) is 33.6 Å². The van der Waals surface area contributed by atoms with E-state index in [4.69, 9.17) is 0 Å². The minimum Gasteiger partial charge on any atom is -0.295 e. The Bertz CT molecular complexity index is 161. The van der Waals surface area contributed by atoms with Gasteiger partial charge in [0.25, 0.3) is 0 Å². The van der Waals surface area contributed by atoms with E-state index in [1.165, 1.54) is 0 Å². The largest absolute Gasteiger partial charge is 0.295 e. The number of rotatable bonds is 4. The molecular formula is C11H23FN2. The van der Waals surface area contributed by atoms with Crippen LogP contribution in [-0.2, 0) is 0 Å². The minimum absolute atomic E-state index is 0.474. The van der Waals surface area contributed by atoms with Crippen molar-refractivity contribution in [3.63, 3.8) is 0 Å². The third-order valence-electron chi connectivity index (χ3n) is 2.98. The Kier molecular flexibility index (Phi) is 4.82. The lowest BCUT2D eigenvalue weighted by atomic mass is 10.2. The highest BCUT2D eigenvalue weighted by Crippen LogP contribution is 2.13. The van der Waals surface area contributed by atoms with Crippen LogP contribution < -0.4 is 0 Å². The molecule has 1 atom stereocenters. The summed E-state index contributed by atoms with van der Waals surface area (Å²) in [4.78, 5) is 4.19. The molecule has 0 bridgehead atoms. The zero-order valence-corrected chi connectivity index (χ0v) is 9.67. The molecule has 2 nitrogen and oxygen atoms in total. The highest BCUT2D eigenvalue weighted by atomic mass is 19.1. The first-order valence-corrected chi connectivity index (χ1v) is 5.77. The summed E-state index contributed by atoms with van der Waals surface area (Å²) in [6.07, 6.45) is 1.51. The monoisotopic (exact) mass is 202 g/mol. The number of unbranched alkanes of at least 4 members (excludes halogenated alkanes) is 1. The molecule has 14 heavy (non-hydrogen) atoms. The summed E-state index contributed by atoms with van der Waals surface area (Å²) in [6, 6.07) is 0.474. The van der Waals surface area contributed by atoms with Gasteiger partial charge >= 0.3 is 0 Å². The van der Waals surface area contributed by atoms with Crippen LogP contribution in [0.4, 0.5) is 4.39 Å². The van der Waals surface area contributed by atoms with E-state index in [0.29, 0.717) is 12.6 Å². The standard InChI is InChI=1S/C11H23FN2/c1-4-5-6-13-7-8-14(10(2)3)9-11(13)12/h10-11H,4-9H2,1-3H3. The molecule has 0 aliphatic carbocycles. The molecule has 0 aromatic carbocycles. The highest BCUT2D eigenvalue weighted by Gasteiger charge is 2.26. The van der Waals surface area contributed by atoms with Crippen molar-refractivity contribution in [3.8, 4) is 0 Å². The van der Waals surface area contributed by atoms with Gasteiger partial charge in [-0.25, -0.2) is 4.39 Å². The SMILES string of the molecule is CCCCN1CCN(C(C)C)CC1F. The van der Waals surface area contributed by atoms with E-state index in [0.717, 1.165) is 32.5 Å². The highest BCUT2D eigenvalue weighted by molar-refractivity contribution is 4.77. The van der Waals surface area contributed by atoms with Gasteiger partial charge in [-0.2, -0.15) is 0 Å². The van der Waals surface area contributed by atoms with E-state index in [1.807, 2.05) is 4.90 Å². The van der Waals surface area contributed by atoms with Crippen molar-refractivity contribution in [2.24, 2.45) is 0 Å². The van der Waals surface area contributed by atoms with Crippen molar-refractivity contribution in [3.05, 3.63) is 0 Å². The predicted octanol–water partition coefficient (Wildman–Crippen LogP) is 2.11. The Morgan fingerprint density at radius 1 is 1.36 bits per heavy atom. The third kappa shape index (κ3) is 3.21. The molecule has 1 heterocycles. The number of alkyl halides is 1. The summed E-state index contributed by atoms with van der Waals surface area (Å²) in [5.41, 5.74) is 0. The van der Waals surface area contributed by atoms with E-state index < -0.39 is 6.30 Å². The fourth-order valence-electron chi connectivity index (χ4n) is 1.88. The lowest BCUT2D eigenvalue weighted by molar-refractivity contribution is -0.0118. The molecule has 1 aliphatic heterocycles. The lowest BCUT2D eigenvalue weighted by Gasteiger charge is -2.39. The van der Waals surface area contributed by atoms with Crippen LogP contribution in [-0.4, -0.2) is 48.3 Å². The molecule has 0 amide bonds. The molecule has 3 heteroatoms. The molecule has 0 spiro atoms. The summed E-state index contributed by atoms with van der Waals surface area (Å²) < 4.78 is 13.7. The Morgan fingerprint density at radius 2 is 2.07 bits per heavy atom. The molecule has 0 saturated carbocycles. The second kappa shape index (κ2) is 5.66. The van der Waals surface area contributed by atoms with Crippen LogP contribution in [0.15, 0.2) is 0 Å². The van der Waals surface area contributed by atoms with Crippen LogP contribution in [0.25, 0.3) is 0 Å². The molecule has 0 radical (unpaired) electrons. The third-order valence-corrected chi connectivity index (χ3v) is 2.98. The Labute approximate surface area is 87.1 Å². The molecule has 0 N–H and O–H groups in total. The van der Waals surface area contributed by atoms with Gasteiger partial charge in [0.2, 0.25) is 0 Å². The molecule has 0 aromatic heterocycles. The zero-order chi connectivity index (χ0) is 10.6. The number of hydrogen-bond acceptors (Lipinski definition) is 2. The molecular weight excluding hydrogens is 179 g/mol. The molecule has 0 aromatic rings. The first kappa shape index (κ1) is 11.9. The summed E-state index contributed by atoms with van der Waals surface area (Å²) in [6.45, 7) is 9.83. The van der Waals surface area contributed by atoms with E-state index in [1.54, 1.807) is 0 Å². The van der Waals surface area contributed by atoms with E-state index in [9.17, 15) is 4.39 Å². The van der Waals surface area contributed by atoms with E-state index in [2.05, 4.69) is 25.7 Å². The second-order valence-corrected chi connectivity index (χ2v) is 4.41. The van der Waals surface area contributed by atoms with Crippen molar-refractivity contribution in [2.45, 2.75) is 46.0 Å².